The van der Waals surface area contributed by atoms with Crippen LogP contribution >= 0.6 is 0 Å². The number of halogens is 1. The van der Waals surface area contributed by atoms with Gasteiger partial charge in [0.1, 0.15) is 28.5 Å². The maximum atomic E-state index is 14.7. The van der Waals surface area contributed by atoms with E-state index in [-0.39, 0.29) is 11.9 Å². The van der Waals surface area contributed by atoms with Gasteiger partial charge in [0.15, 0.2) is 0 Å². The van der Waals surface area contributed by atoms with Crippen molar-refractivity contribution in [1.29, 1.82) is 0 Å². The van der Waals surface area contributed by atoms with Gasteiger partial charge in [-0.1, -0.05) is 0 Å². The molecular formula is C30H30FN11. The first-order valence-electron chi connectivity index (χ1n) is 13.8. The number of nitrogens with zero attached hydrogens (tertiary/aromatic N) is 7. The summed E-state index contributed by atoms with van der Waals surface area (Å²) in [7, 11) is 4.01. The van der Waals surface area contributed by atoms with Gasteiger partial charge in [0.2, 0.25) is 0 Å². The lowest BCUT2D eigenvalue weighted by molar-refractivity contribution is 0.425. The third kappa shape index (κ3) is 4.91. The molecule has 6 heterocycles. The normalized spacial score (nSPS) is 13.8. The summed E-state index contributed by atoms with van der Waals surface area (Å²) in [4.78, 5) is 26.1. The third-order valence-electron chi connectivity index (χ3n) is 7.42. The second-order valence-corrected chi connectivity index (χ2v) is 10.9. The van der Waals surface area contributed by atoms with Gasteiger partial charge in [0.05, 0.1) is 41.0 Å². The van der Waals surface area contributed by atoms with Gasteiger partial charge in [0, 0.05) is 55.1 Å². The van der Waals surface area contributed by atoms with Crippen LogP contribution in [-0.2, 0) is 0 Å². The Morgan fingerprint density at radius 3 is 2.69 bits per heavy atom. The van der Waals surface area contributed by atoms with E-state index in [9.17, 15) is 4.39 Å². The number of anilines is 2. The van der Waals surface area contributed by atoms with Gasteiger partial charge >= 0.3 is 0 Å². The number of nitrogens with two attached hydrogens (primary N) is 1. The SMILES string of the molecule is CN(C)CCNc1cc(F)cc(-c2cncc3[nH]c(-c4n[nH]c5ccc(-c6cncc(N7CC(N)C7)n6)nc45)cc23)c1. The Kier molecular flexibility index (Phi) is 6.48. The highest BCUT2D eigenvalue weighted by Crippen LogP contribution is 2.35. The van der Waals surface area contributed by atoms with Crippen LogP contribution in [0.15, 0.2) is 61.2 Å². The van der Waals surface area contributed by atoms with Crippen molar-refractivity contribution >= 4 is 33.4 Å². The zero-order chi connectivity index (χ0) is 28.8. The van der Waals surface area contributed by atoms with Crippen molar-refractivity contribution in [1.82, 2.24) is 40.0 Å². The Bertz CT molecular complexity index is 1900. The van der Waals surface area contributed by atoms with Crippen LogP contribution in [0.3, 0.4) is 0 Å². The quantitative estimate of drug-likeness (QED) is 0.217. The Morgan fingerprint density at radius 2 is 1.86 bits per heavy atom. The fourth-order valence-electron chi connectivity index (χ4n) is 5.24. The minimum Gasteiger partial charge on any atom is -0.384 e. The zero-order valence-corrected chi connectivity index (χ0v) is 23.3. The molecule has 0 radical (unpaired) electrons. The van der Waals surface area contributed by atoms with Gasteiger partial charge < -0.3 is 25.8 Å². The minimum atomic E-state index is -0.313. The predicted octanol–water partition coefficient (Wildman–Crippen LogP) is 3.89. The lowest BCUT2D eigenvalue weighted by Crippen LogP contribution is -2.56. The monoisotopic (exact) mass is 563 g/mol. The molecule has 0 saturated carbocycles. The van der Waals surface area contributed by atoms with E-state index < -0.39 is 0 Å². The highest BCUT2D eigenvalue weighted by molar-refractivity contribution is 6.00. The van der Waals surface area contributed by atoms with Crippen LogP contribution in [0.25, 0.3) is 55.8 Å². The molecule has 0 amide bonds. The summed E-state index contributed by atoms with van der Waals surface area (Å²) in [6.45, 7) is 3.06. The van der Waals surface area contributed by atoms with Crippen molar-refractivity contribution in [3.63, 3.8) is 0 Å². The number of nitrogens with one attached hydrogen (secondary N) is 3. The molecule has 12 heteroatoms. The Morgan fingerprint density at radius 1 is 1.00 bits per heavy atom. The van der Waals surface area contributed by atoms with Gasteiger partial charge in [-0.3, -0.25) is 15.1 Å². The summed E-state index contributed by atoms with van der Waals surface area (Å²) in [5, 5.41) is 11.9. The van der Waals surface area contributed by atoms with Crippen LogP contribution in [0.5, 0.6) is 0 Å². The third-order valence-corrected chi connectivity index (χ3v) is 7.42. The van der Waals surface area contributed by atoms with E-state index in [2.05, 4.69) is 40.3 Å². The highest BCUT2D eigenvalue weighted by atomic mass is 19.1. The Balaban J connectivity index is 1.24. The Labute approximate surface area is 241 Å². The van der Waals surface area contributed by atoms with E-state index in [0.29, 0.717) is 29.1 Å². The molecule has 1 aromatic carbocycles. The fraction of sp³-hybridized carbons (Fsp3) is 0.233. The average Bonchev–Trinajstić information content (AvgIpc) is 3.59. The lowest BCUT2D eigenvalue weighted by atomic mass is 10.0. The van der Waals surface area contributed by atoms with E-state index >= 15 is 0 Å². The van der Waals surface area contributed by atoms with Crippen molar-refractivity contribution in [2.75, 3.05) is 50.5 Å². The van der Waals surface area contributed by atoms with E-state index in [4.69, 9.17) is 15.7 Å². The van der Waals surface area contributed by atoms with Crippen LogP contribution in [0, 0.1) is 5.82 Å². The number of likely N-dealkylation sites (N-methyl/N-ethyl adjacent to an activating group) is 1. The molecule has 11 nitrogen and oxygen atoms in total. The molecule has 0 spiro atoms. The van der Waals surface area contributed by atoms with Gasteiger partial charge in [-0.25, -0.2) is 14.4 Å². The summed E-state index contributed by atoms with van der Waals surface area (Å²) in [6.07, 6.45) is 6.97. The van der Waals surface area contributed by atoms with Crippen molar-refractivity contribution in [2.45, 2.75) is 6.04 Å². The van der Waals surface area contributed by atoms with E-state index in [1.165, 1.54) is 12.1 Å². The molecule has 0 atom stereocenters. The lowest BCUT2D eigenvalue weighted by Gasteiger charge is -2.37. The first-order chi connectivity index (χ1) is 20.4. The van der Waals surface area contributed by atoms with Crippen LogP contribution < -0.4 is 16.0 Å². The second-order valence-electron chi connectivity index (χ2n) is 10.9. The number of fused-ring (bicyclic) bond motifs is 2. The van der Waals surface area contributed by atoms with E-state index in [1.54, 1.807) is 24.8 Å². The molecule has 5 aromatic heterocycles. The number of benzene rings is 1. The molecule has 6 aromatic rings. The predicted molar refractivity (Wildman–Crippen MR) is 163 cm³/mol. The molecule has 42 heavy (non-hydrogen) atoms. The maximum Gasteiger partial charge on any atom is 0.147 e. The smallest absolute Gasteiger partial charge is 0.147 e. The second kappa shape index (κ2) is 10.5. The number of hydrogen-bond donors (Lipinski definition) is 4. The summed E-state index contributed by atoms with van der Waals surface area (Å²) in [5.74, 6) is 0.472. The Hall–Kier alpha value is -4.94. The zero-order valence-electron chi connectivity index (χ0n) is 23.3. The van der Waals surface area contributed by atoms with Crippen LogP contribution in [-0.4, -0.2) is 86.3 Å². The molecule has 1 aliphatic heterocycles. The van der Waals surface area contributed by atoms with Crippen LogP contribution in [0.2, 0.25) is 0 Å². The van der Waals surface area contributed by atoms with Crippen LogP contribution in [0.4, 0.5) is 15.9 Å². The molecule has 212 valence electrons. The largest absolute Gasteiger partial charge is 0.384 e. The summed E-state index contributed by atoms with van der Waals surface area (Å²) < 4.78 is 14.7. The van der Waals surface area contributed by atoms with Gasteiger partial charge in [-0.05, 0) is 56.1 Å². The molecule has 0 aliphatic carbocycles. The maximum absolute atomic E-state index is 14.7. The van der Waals surface area contributed by atoms with Gasteiger partial charge in [-0.15, -0.1) is 0 Å². The number of aromatic amines is 2. The fourth-order valence-corrected chi connectivity index (χ4v) is 5.24. The minimum absolute atomic E-state index is 0.165. The first kappa shape index (κ1) is 26.0. The number of hydrogen-bond acceptors (Lipinski definition) is 9. The standard InChI is InChI=1S/C30H30FN11/c1-41(2)6-5-35-20-8-17(7-18(31)9-20)22-11-33-12-26-21(22)10-25(36-26)30-29-24(39-40-30)4-3-23(38-29)27-13-34-14-28(37-27)42-15-19(32)16-42/h3-4,7-14,19,35-36H,5-6,15-16,32H2,1-2H3,(H,39,40). The summed E-state index contributed by atoms with van der Waals surface area (Å²) >= 11 is 0. The molecule has 5 N–H and O–H groups in total. The summed E-state index contributed by atoms with van der Waals surface area (Å²) in [6, 6.07) is 11.0. The van der Waals surface area contributed by atoms with Gasteiger partial charge in [-0.2, -0.15) is 5.10 Å². The summed E-state index contributed by atoms with van der Waals surface area (Å²) in [5.41, 5.74) is 13.3. The number of H-pyrrole nitrogens is 2. The first-order valence-corrected chi connectivity index (χ1v) is 13.8. The van der Waals surface area contributed by atoms with E-state index in [1.807, 2.05) is 38.4 Å². The van der Waals surface area contributed by atoms with Crippen molar-refractivity contribution in [3.05, 3.63) is 67.0 Å². The molecular weight excluding hydrogens is 533 g/mol. The van der Waals surface area contributed by atoms with Crippen molar-refractivity contribution in [2.24, 2.45) is 5.73 Å². The number of rotatable bonds is 8. The van der Waals surface area contributed by atoms with Gasteiger partial charge in [0.25, 0.3) is 0 Å². The molecule has 1 aliphatic rings. The number of pyridine rings is 2. The average molecular weight is 564 g/mol. The van der Waals surface area contributed by atoms with E-state index in [0.717, 1.165) is 64.4 Å². The molecule has 1 fully saturated rings. The number of aromatic nitrogens is 7. The van der Waals surface area contributed by atoms with Crippen molar-refractivity contribution in [3.8, 4) is 33.9 Å². The molecule has 7 rings (SSSR count). The molecule has 1 saturated heterocycles. The van der Waals surface area contributed by atoms with Crippen LogP contribution in [0.1, 0.15) is 0 Å². The topological polar surface area (TPSA) is 141 Å². The molecule has 0 unspecified atom stereocenters. The van der Waals surface area contributed by atoms with Crippen molar-refractivity contribution < 1.29 is 4.39 Å². The molecule has 0 bridgehead atoms. The highest BCUT2D eigenvalue weighted by Gasteiger charge is 2.25.